The van der Waals surface area contributed by atoms with E-state index in [1.54, 1.807) is 0 Å². The highest BCUT2D eigenvalue weighted by molar-refractivity contribution is 5.10. The summed E-state index contributed by atoms with van der Waals surface area (Å²) in [6, 6.07) is 2.20. The van der Waals surface area contributed by atoms with Crippen molar-refractivity contribution >= 4 is 0 Å². The Kier molecular flexibility index (Phi) is 4.60. The van der Waals surface area contributed by atoms with Crippen molar-refractivity contribution in [2.75, 3.05) is 13.1 Å². The molecule has 0 aliphatic heterocycles. The van der Waals surface area contributed by atoms with Crippen LogP contribution in [0.3, 0.4) is 0 Å². The number of nitrogens with one attached hydrogen (secondary N) is 1. The highest BCUT2D eigenvalue weighted by Crippen LogP contribution is 2.37. The lowest BCUT2D eigenvalue weighted by atomic mass is 9.77. The smallest absolute Gasteiger partial charge is 0.0492 e. The Morgan fingerprint density at radius 2 is 2.24 bits per heavy atom. The van der Waals surface area contributed by atoms with E-state index in [9.17, 15) is 0 Å². The zero-order valence-corrected chi connectivity index (χ0v) is 11.2. The zero-order valence-electron chi connectivity index (χ0n) is 11.2. The van der Waals surface area contributed by atoms with Gasteiger partial charge in [-0.05, 0) is 44.3 Å². The number of hydrogen-bond acceptors (Lipinski definition) is 2. The van der Waals surface area contributed by atoms with E-state index in [1.165, 1.54) is 44.3 Å². The highest BCUT2D eigenvalue weighted by atomic mass is 15.3. The lowest BCUT2D eigenvalue weighted by Crippen LogP contribution is -2.30. The van der Waals surface area contributed by atoms with Gasteiger partial charge in [0.2, 0.25) is 0 Å². The zero-order chi connectivity index (χ0) is 12.1. The molecule has 1 aliphatic carbocycles. The van der Waals surface area contributed by atoms with Crippen molar-refractivity contribution in [1.29, 1.82) is 0 Å². The van der Waals surface area contributed by atoms with Gasteiger partial charge in [-0.1, -0.05) is 19.8 Å². The third-order valence-electron chi connectivity index (χ3n) is 3.98. The van der Waals surface area contributed by atoms with Crippen LogP contribution in [0.1, 0.15) is 50.6 Å². The fraction of sp³-hybridized carbons (Fsp3) is 0.786. The Balaban J connectivity index is 1.99. The molecule has 2 rings (SSSR count). The average Bonchev–Trinajstić information content (AvgIpc) is 2.76. The molecule has 96 valence electrons. The summed E-state index contributed by atoms with van der Waals surface area (Å²) >= 11 is 0. The summed E-state index contributed by atoms with van der Waals surface area (Å²) in [5.41, 5.74) is 1.42. The number of aromatic nitrogens is 2. The van der Waals surface area contributed by atoms with Crippen molar-refractivity contribution < 1.29 is 0 Å². The molecule has 3 nitrogen and oxygen atoms in total. The first-order chi connectivity index (χ1) is 8.33. The molecule has 0 aromatic carbocycles. The first kappa shape index (κ1) is 12.6. The molecule has 2 atom stereocenters. The van der Waals surface area contributed by atoms with Gasteiger partial charge in [-0.25, -0.2) is 0 Å². The van der Waals surface area contributed by atoms with E-state index in [0.29, 0.717) is 5.92 Å². The third-order valence-corrected chi connectivity index (χ3v) is 3.98. The van der Waals surface area contributed by atoms with Gasteiger partial charge >= 0.3 is 0 Å². The van der Waals surface area contributed by atoms with Crippen LogP contribution >= 0.6 is 0 Å². The quantitative estimate of drug-likeness (QED) is 0.795. The van der Waals surface area contributed by atoms with Gasteiger partial charge in [0.05, 0.1) is 0 Å². The molecule has 3 heteroatoms. The van der Waals surface area contributed by atoms with Gasteiger partial charge in [-0.3, -0.25) is 4.68 Å². The predicted octanol–water partition coefficient (Wildman–Crippen LogP) is 2.69. The molecule has 1 fully saturated rings. The van der Waals surface area contributed by atoms with Gasteiger partial charge in [0, 0.05) is 24.9 Å². The maximum atomic E-state index is 4.32. The average molecular weight is 235 g/mol. The number of rotatable bonds is 5. The molecule has 0 bridgehead atoms. The monoisotopic (exact) mass is 235 g/mol. The summed E-state index contributed by atoms with van der Waals surface area (Å²) in [7, 11) is 2.07. The largest absolute Gasteiger partial charge is 0.316 e. The van der Waals surface area contributed by atoms with Gasteiger partial charge in [0.15, 0.2) is 0 Å². The van der Waals surface area contributed by atoms with Gasteiger partial charge in [-0.15, -0.1) is 0 Å². The Morgan fingerprint density at radius 3 is 2.94 bits per heavy atom. The summed E-state index contributed by atoms with van der Waals surface area (Å²) in [5.74, 6) is 1.51. The van der Waals surface area contributed by atoms with Gasteiger partial charge in [-0.2, -0.15) is 5.10 Å². The molecule has 1 N–H and O–H groups in total. The Morgan fingerprint density at radius 1 is 1.41 bits per heavy atom. The minimum atomic E-state index is 0.709. The van der Waals surface area contributed by atoms with Crippen LogP contribution in [-0.4, -0.2) is 22.9 Å². The number of aryl methyl sites for hydroxylation is 1. The molecule has 1 aromatic rings. The predicted molar refractivity (Wildman–Crippen MR) is 71.1 cm³/mol. The van der Waals surface area contributed by atoms with Crippen LogP contribution in [0.2, 0.25) is 0 Å². The molecular weight excluding hydrogens is 210 g/mol. The van der Waals surface area contributed by atoms with Crippen LogP contribution in [0.5, 0.6) is 0 Å². The van der Waals surface area contributed by atoms with Gasteiger partial charge < -0.3 is 5.32 Å². The van der Waals surface area contributed by atoms with Crippen LogP contribution in [-0.2, 0) is 7.05 Å². The van der Waals surface area contributed by atoms with E-state index in [1.807, 2.05) is 6.20 Å². The minimum absolute atomic E-state index is 0.709. The fourth-order valence-electron chi connectivity index (χ4n) is 3.05. The van der Waals surface area contributed by atoms with E-state index >= 15 is 0 Å². The van der Waals surface area contributed by atoms with Gasteiger partial charge in [0.1, 0.15) is 0 Å². The van der Waals surface area contributed by atoms with Crippen LogP contribution < -0.4 is 5.32 Å². The Hall–Kier alpha value is -0.830. The standard InChI is InChI=1S/C14H25N3/c1-3-9-15-11-12-6-4-5-7-13(12)14-8-10-16-17(14)2/h8,10,12-13,15H,3-7,9,11H2,1-2H3. The molecule has 0 spiro atoms. The normalized spacial score (nSPS) is 25.1. The summed E-state index contributed by atoms with van der Waals surface area (Å²) < 4.78 is 2.06. The molecule has 1 aliphatic rings. The number of hydrogen-bond donors (Lipinski definition) is 1. The summed E-state index contributed by atoms with van der Waals surface area (Å²) in [6.45, 7) is 4.55. The number of nitrogens with zero attached hydrogens (tertiary/aromatic N) is 2. The Bertz CT molecular complexity index is 332. The second-order valence-corrected chi connectivity index (χ2v) is 5.23. The van der Waals surface area contributed by atoms with Crippen molar-refractivity contribution in [2.45, 2.75) is 44.9 Å². The molecule has 2 unspecified atom stereocenters. The lowest BCUT2D eigenvalue weighted by Gasteiger charge is -2.31. The summed E-state index contributed by atoms with van der Waals surface area (Å²) in [4.78, 5) is 0. The molecule has 17 heavy (non-hydrogen) atoms. The third kappa shape index (κ3) is 3.09. The first-order valence-corrected chi connectivity index (χ1v) is 7.01. The fourth-order valence-corrected chi connectivity index (χ4v) is 3.05. The van der Waals surface area contributed by atoms with Crippen molar-refractivity contribution in [2.24, 2.45) is 13.0 Å². The van der Waals surface area contributed by atoms with Crippen molar-refractivity contribution in [1.82, 2.24) is 15.1 Å². The topological polar surface area (TPSA) is 29.9 Å². The molecule has 1 saturated carbocycles. The second-order valence-electron chi connectivity index (χ2n) is 5.23. The molecule has 0 saturated heterocycles. The maximum Gasteiger partial charge on any atom is 0.0492 e. The van der Waals surface area contributed by atoms with Crippen molar-refractivity contribution in [3.63, 3.8) is 0 Å². The van der Waals surface area contributed by atoms with E-state index in [-0.39, 0.29) is 0 Å². The maximum absolute atomic E-state index is 4.32. The van der Waals surface area contributed by atoms with Crippen LogP contribution in [0.4, 0.5) is 0 Å². The minimum Gasteiger partial charge on any atom is -0.316 e. The van der Waals surface area contributed by atoms with Crippen LogP contribution in [0.15, 0.2) is 12.3 Å². The highest BCUT2D eigenvalue weighted by Gasteiger charge is 2.27. The van der Waals surface area contributed by atoms with E-state index in [0.717, 1.165) is 12.5 Å². The Labute approximate surface area is 105 Å². The molecule has 1 heterocycles. The van der Waals surface area contributed by atoms with Crippen LogP contribution in [0, 0.1) is 5.92 Å². The van der Waals surface area contributed by atoms with E-state index in [4.69, 9.17) is 0 Å². The summed E-state index contributed by atoms with van der Waals surface area (Å²) in [6.07, 6.45) is 8.63. The first-order valence-electron chi connectivity index (χ1n) is 7.01. The van der Waals surface area contributed by atoms with Crippen molar-refractivity contribution in [3.05, 3.63) is 18.0 Å². The van der Waals surface area contributed by atoms with E-state index in [2.05, 4.69) is 35.1 Å². The second kappa shape index (κ2) is 6.20. The SMILES string of the molecule is CCCNCC1CCCCC1c1ccnn1C. The molecule has 0 radical (unpaired) electrons. The molecule has 0 amide bonds. The van der Waals surface area contributed by atoms with E-state index < -0.39 is 0 Å². The summed E-state index contributed by atoms with van der Waals surface area (Å²) in [5, 5.41) is 7.91. The van der Waals surface area contributed by atoms with Gasteiger partial charge in [0.25, 0.3) is 0 Å². The van der Waals surface area contributed by atoms with Crippen molar-refractivity contribution in [3.8, 4) is 0 Å². The lowest BCUT2D eigenvalue weighted by molar-refractivity contribution is 0.286. The molecule has 1 aromatic heterocycles. The van der Waals surface area contributed by atoms with Crippen LogP contribution in [0.25, 0.3) is 0 Å². The molecular formula is C14H25N3.